The van der Waals surface area contributed by atoms with Crippen LogP contribution in [0, 0.1) is 0 Å². The number of hydrogen-bond donors (Lipinski definition) is 0. The summed E-state index contributed by atoms with van der Waals surface area (Å²) >= 11 is 1.12. The molecule has 0 aromatic carbocycles. The van der Waals surface area contributed by atoms with Gasteiger partial charge in [0.05, 0.1) is 10.6 Å². The molecule has 0 unspecified atom stereocenters. The van der Waals surface area contributed by atoms with Crippen molar-refractivity contribution in [1.29, 1.82) is 0 Å². The Hall–Kier alpha value is -1.46. The van der Waals surface area contributed by atoms with Gasteiger partial charge >= 0.3 is 12.1 Å². The van der Waals surface area contributed by atoms with E-state index < -0.39 is 22.1 Å². The first-order valence-corrected chi connectivity index (χ1v) is 9.07. The van der Waals surface area contributed by atoms with Gasteiger partial charge in [0.25, 0.3) is 0 Å². The lowest BCUT2D eigenvalue weighted by molar-refractivity contribution is -0.159. The Kier molecular flexibility index (Phi) is 5.11. The lowest BCUT2D eigenvalue weighted by Crippen LogP contribution is -2.31. The topological polar surface area (TPSA) is 76.3 Å². The van der Waals surface area contributed by atoms with E-state index in [-0.39, 0.29) is 18.1 Å². The number of rotatable bonds is 6. The van der Waals surface area contributed by atoms with Crippen molar-refractivity contribution in [3.8, 4) is 10.7 Å². The summed E-state index contributed by atoms with van der Waals surface area (Å²) in [5.74, 6) is -1.60. The maximum Gasteiger partial charge on any atom is 0.471 e. The predicted octanol–water partition coefficient (Wildman–Crippen LogP) is 2.99. The smallest absolute Gasteiger partial charge is 0.329 e. The van der Waals surface area contributed by atoms with Gasteiger partial charge in [-0.15, -0.1) is 11.3 Å². The second kappa shape index (κ2) is 6.57. The maximum atomic E-state index is 12.4. The van der Waals surface area contributed by atoms with Crippen molar-refractivity contribution in [1.82, 2.24) is 14.4 Å². The Labute approximate surface area is 135 Å². The third kappa shape index (κ3) is 4.09. The van der Waals surface area contributed by atoms with Gasteiger partial charge < -0.3 is 4.52 Å². The number of aromatic nitrogens is 2. The summed E-state index contributed by atoms with van der Waals surface area (Å²) in [6.07, 6.45) is -4.69. The van der Waals surface area contributed by atoms with Crippen LogP contribution in [0.4, 0.5) is 13.2 Å². The van der Waals surface area contributed by atoms with E-state index in [2.05, 4.69) is 14.7 Å². The van der Waals surface area contributed by atoms with Crippen LogP contribution in [0.3, 0.4) is 0 Å². The molecule has 0 fully saturated rings. The highest BCUT2D eigenvalue weighted by molar-refractivity contribution is 7.89. The van der Waals surface area contributed by atoms with Gasteiger partial charge in [-0.1, -0.05) is 12.1 Å². The first-order valence-electron chi connectivity index (χ1n) is 6.65. The Morgan fingerprint density at radius 3 is 2.52 bits per heavy atom. The molecule has 2 aromatic heterocycles. The molecule has 0 aliphatic rings. The van der Waals surface area contributed by atoms with E-state index in [1.165, 1.54) is 10.4 Å². The first kappa shape index (κ1) is 17.9. The third-order valence-corrected chi connectivity index (χ3v) is 5.96. The number of halogens is 3. The van der Waals surface area contributed by atoms with Gasteiger partial charge in [0.15, 0.2) is 0 Å². The number of hydrogen-bond acceptors (Lipinski definition) is 6. The SMILES string of the molecule is CCN(Cc1ccc(-c2noc(C(F)(F)F)n2)s1)S(=O)(=O)CC. The molecule has 0 aliphatic carbocycles. The van der Waals surface area contributed by atoms with Crippen LogP contribution < -0.4 is 0 Å². The fraction of sp³-hybridized carbons (Fsp3) is 0.500. The van der Waals surface area contributed by atoms with Crippen LogP contribution in [0.5, 0.6) is 0 Å². The molecule has 0 atom stereocenters. The maximum absolute atomic E-state index is 12.4. The van der Waals surface area contributed by atoms with E-state index in [0.717, 1.165) is 11.3 Å². The number of thiophene rings is 1. The molecule has 0 radical (unpaired) electrons. The van der Waals surface area contributed by atoms with Gasteiger partial charge in [0.1, 0.15) is 0 Å². The van der Waals surface area contributed by atoms with Gasteiger partial charge in [-0.3, -0.25) is 0 Å². The van der Waals surface area contributed by atoms with E-state index in [1.807, 2.05) is 0 Å². The summed E-state index contributed by atoms with van der Waals surface area (Å²) < 4.78 is 66.6. The summed E-state index contributed by atoms with van der Waals surface area (Å²) in [4.78, 5) is 4.36. The summed E-state index contributed by atoms with van der Waals surface area (Å²) in [7, 11) is -3.34. The standard InChI is InChI=1S/C12H14F3N3O3S2/c1-3-18(23(19,20)4-2)7-8-5-6-9(22-8)10-16-11(21-17-10)12(13,14)15/h5-6H,3-4,7H2,1-2H3. The van der Waals surface area contributed by atoms with Crippen LogP contribution >= 0.6 is 11.3 Å². The molecule has 128 valence electrons. The van der Waals surface area contributed by atoms with Crippen molar-refractivity contribution in [3.63, 3.8) is 0 Å². The summed E-state index contributed by atoms with van der Waals surface area (Å²) in [6.45, 7) is 3.73. The molecule has 2 aromatic rings. The van der Waals surface area contributed by atoms with Crippen LogP contribution in [0.1, 0.15) is 24.6 Å². The lowest BCUT2D eigenvalue weighted by Gasteiger charge is -2.18. The highest BCUT2D eigenvalue weighted by atomic mass is 32.2. The van der Waals surface area contributed by atoms with Crippen molar-refractivity contribution in [2.75, 3.05) is 12.3 Å². The molecular formula is C12H14F3N3O3S2. The van der Waals surface area contributed by atoms with Crippen molar-refractivity contribution >= 4 is 21.4 Å². The van der Waals surface area contributed by atoms with Crippen LogP contribution in [-0.4, -0.2) is 35.2 Å². The minimum absolute atomic E-state index is 0.0150. The molecular weight excluding hydrogens is 355 g/mol. The lowest BCUT2D eigenvalue weighted by atomic mass is 10.4. The normalized spacial score (nSPS) is 13.0. The fourth-order valence-corrected chi connectivity index (χ4v) is 3.91. The summed E-state index contributed by atoms with van der Waals surface area (Å²) in [5.41, 5.74) is 0. The molecule has 23 heavy (non-hydrogen) atoms. The van der Waals surface area contributed by atoms with Gasteiger partial charge in [-0.25, -0.2) is 8.42 Å². The molecule has 0 aliphatic heterocycles. The van der Waals surface area contributed by atoms with E-state index in [9.17, 15) is 21.6 Å². The van der Waals surface area contributed by atoms with Crippen LogP contribution in [0.2, 0.25) is 0 Å². The van der Waals surface area contributed by atoms with Crippen molar-refractivity contribution in [2.24, 2.45) is 0 Å². The molecule has 0 bridgehead atoms. The summed E-state index contributed by atoms with van der Waals surface area (Å²) in [6, 6.07) is 3.18. The van der Waals surface area contributed by atoms with Gasteiger partial charge in [0.2, 0.25) is 15.8 Å². The van der Waals surface area contributed by atoms with Crippen molar-refractivity contribution in [3.05, 3.63) is 22.9 Å². The molecule has 0 saturated carbocycles. The van der Waals surface area contributed by atoms with Gasteiger partial charge in [-0.05, 0) is 19.1 Å². The second-order valence-electron chi connectivity index (χ2n) is 4.51. The van der Waals surface area contributed by atoms with Gasteiger partial charge in [0, 0.05) is 18.0 Å². The zero-order chi connectivity index (χ0) is 17.3. The van der Waals surface area contributed by atoms with Crippen molar-refractivity contribution < 1.29 is 26.1 Å². The largest absolute Gasteiger partial charge is 0.471 e. The van der Waals surface area contributed by atoms with E-state index in [0.29, 0.717) is 16.3 Å². The van der Waals surface area contributed by atoms with Crippen LogP contribution in [0.25, 0.3) is 10.7 Å². The molecule has 2 heterocycles. The minimum atomic E-state index is -4.69. The first-order chi connectivity index (χ1) is 10.7. The zero-order valence-corrected chi connectivity index (χ0v) is 13.9. The zero-order valence-electron chi connectivity index (χ0n) is 12.3. The summed E-state index contributed by atoms with van der Waals surface area (Å²) in [5, 5.41) is 3.30. The quantitative estimate of drug-likeness (QED) is 0.782. The molecule has 0 amide bonds. The van der Waals surface area contributed by atoms with E-state index in [4.69, 9.17) is 0 Å². The Balaban J connectivity index is 2.19. The Morgan fingerprint density at radius 2 is 2.00 bits per heavy atom. The molecule has 6 nitrogen and oxygen atoms in total. The van der Waals surface area contributed by atoms with E-state index in [1.54, 1.807) is 19.9 Å². The molecule has 0 saturated heterocycles. The monoisotopic (exact) mass is 369 g/mol. The highest BCUT2D eigenvalue weighted by Gasteiger charge is 2.38. The number of nitrogens with zero attached hydrogens (tertiary/aromatic N) is 3. The molecule has 0 spiro atoms. The van der Waals surface area contributed by atoms with Gasteiger partial charge in [-0.2, -0.15) is 22.5 Å². The molecule has 11 heteroatoms. The average Bonchev–Trinajstić information content (AvgIpc) is 3.12. The van der Waals surface area contributed by atoms with Crippen LogP contribution in [-0.2, 0) is 22.7 Å². The van der Waals surface area contributed by atoms with Crippen molar-refractivity contribution in [2.45, 2.75) is 26.6 Å². The Bertz CT molecular complexity index is 768. The Morgan fingerprint density at radius 1 is 1.30 bits per heavy atom. The number of sulfonamides is 1. The van der Waals surface area contributed by atoms with E-state index >= 15 is 0 Å². The molecule has 2 rings (SSSR count). The third-order valence-electron chi connectivity index (χ3n) is 2.99. The fourth-order valence-electron chi connectivity index (χ4n) is 1.79. The minimum Gasteiger partial charge on any atom is -0.329 e. The predicted molar refractivity (Wildman–Crippen MR) is 78.2 cm³/mol. The molecule has 0 N–H and O–H groups in total. The second-order valence-corrected chi connectivity index (χ2v) is 7.94. The average molecular weight is 369 g/mol. The van der Waals surface area contributed by atoms with Crippen LogP contribution in [0.15, 0.2) is 16.7 Å². The highest BCUT2D eigenvalue weighted by Crippen LogP contribution is 2.32. The number of alkyl halides is 3.